The molecule has 2 aromatic rings. The summed E-state index contributed by atoms with van der Waals surface area (Å²) in [5, 5.41) is 9.72. The summed E-state index contributed by atoms with van der Waals surface area (Å²) in [4.78, 5) is 16.5. The van der Waals surface area contributed by atoms with E-state index in [4.69, 9.17) is 16.3 Å². The van der Waals surface area contributed by atoms with Crippen molar-refractivity contribution in [2.24, 2.45) is 0 Å². The number of pyridine rings is 1. The second kappa shape index (κ2) is 8.95. The summed E-state index contributed by atoms with van der Waals surface area (Å²) in [6.07, 6.45) is 7.35. The number of hydrogen-bond donors (Lipinski definition) is 3. The van der Waals surface area contributed by atoms with Crippen molar-refractivity contribution in [2.45, 2.75) is 45.1 Å². The van der Waals surface area contributed by atoms with Crippen molar-refractivity contribution in [2.75, 3.05) is 17.7 Å². The number of ether oxygens (including phenoxy) is 1. The summed E-state index contributed by atoms with van der Waals surface area (Å²) >= 11 is 6.14. The number of aryl methyl sites for hydroxylation is 1. The average Bonchev–Trinajstić information content (AvgIpc) is 2.67. The Morgan fingerprint density at radius 2 is 2.00 bits per heavy atom. The van der Waals surface area contributed by atoms with E-state index in [0.29, 0.717) is 22.3 Å². The molecule has 1 aromatic carbocycles. The van der Waals surface area contributed by atoms with Crippen LogP contribution in [0.1, 0.15) is 37.7 Å². The van der Waals surface area contributed by atoms with E-state index in [0.717, 1.165) is 24.1 Å². The molecule has 0 radical (unpaired) electrons. The lowest BCUT2D eigenvalue weighted by Crippen LogP contribution is -2.39. The van der Waals surface area contributed by atoms with Gasteiger partial charge in [-0.3, -0.25) is 0 Å². The number of aromatic nitrogens is 1. The standard InChI is InChI=1S/C20H25ClN4O2/c1-13-10-17(18(27-2)11-16(13)21)25-19-9-8-15(12-22-19)24-20(26)23-14-6-4-3-5-7-14/h8-12,14H,3-7H2,1-2H3,(H,22,25)(H2,23,24,26). The average molecular weight is 389 g/mol. The number of methoxy groups -OCH3 is 1. The van der Waals surface area contributed by atoms with E-state index < -0.39 is 0 Å². The summed E-state index contributed by atoms with van der Waals surface area (Å²) in [6, 6.07) is 7.38. The first-order valence-electron chi connectivity index (χ1n) is 9.20. The number of carbonyl (C=O) groups excluding carboxylic acids is 1. The topological polar surface area (TPSA) is 75.3 Å². The predicted octanol–water partition coefficient (Wildman–Crippen LogP) is 5.25. The number of amides is 2. The Kier molecular flexibility index (Phi) is 6.40. The molecule has 1 aliphatic rings. The summed E-state index contributed by atoms with van der Waals surface area (Å²) in [7, 11) is 1.59. The molecule has 27 heavy (non-hydrogen) atoms. The second-order valence-corrected chi connectivity index (χ2v) is 7.20. The van der Waals surface area contributed by atoms with Gasteiger partial charge >= 0.3 is 6.03 Å². The van der Waals surface area contributed by atoms with Gasteiger partial charge in [0.25, 0.3) is 0 Å². The number of rotatable bonds is 5. The molecule has 0 saturated heterocycles. The molecule has 0 spiro atoms. The highest BCUT2D eigenvalue weighted by Crippen LogP contribution is 2.32. The molecule has 6 nitrogen and oxygen atoms in total. The Hall–Kier alpha value is -2.47. The minimum absolute atomic E-state index is 0.181. The molecule has 0 bridgehead atoms. The summed E-state index contributed by atoms with van der Waals surface area (Å²) in [5.41, 5.74) is 2.37. The Bertz CT molecular complexity index is 789. The van der Waals surface area contributed by atoms with Crippen LogP contribution in [0.4, 0.5) is 22.0 Å². The number of anilines is 3. The third-order valence-electron chi connectivity index (χ3n) is 4.71. The molecule has 0 atom stereocenters. The van der Waals surface area contributed by atoms with Crippen LogP contribution >= 0.6 is 11.6 Å². The Morgan fingerprint density at radius 3 is 2.67 bits per heavy atom. The molecule has 1 aromatic heterocycles. The van der Waals surface area contributed by atoms with Crippen molar-refractivity contribution in [1.82, 2.24) is 10.3 Å². The lowest BCUT2D eigenvalue weighted by molar-refractivity contribution is 0.244. The van der Waals surface area contributed by atoms with Crippen LogP contribution in [0, 0.1) is 6.92 Å². The Labute approximate surface area is 164 Å². The van der Waals surface area contributed by atoms with Gasteiger partial charge in [-0.05, 0) is 43.5 Å². The van der Waals surface area contributed by atoms with E-state index in [2.05, 4.69) is 20.9 Å². The third-order valence-corrected chi connectivity index (χ3v) is 5.11. The molecule has 3 N–H and O–H groups in total. The van der Waals surface area contributed by atoms with Gasteiger partial charge in [-0.2, -0.15) is 0 Å². The van der Waals surface area contributed by atoms with Gasteiger partial charge in [0.15, 0.2) is 0 Å². The molecule has 0 aliphatic heterocycles. The van der Waals surface area contributed by atoms with Crippen molar-refractivity contribution < 1.29 is 9.53 Å². The van der Waals surface area contributed by atoms with Gasteiger partial charge in [-0.1, -0.05) is 30.9 Å². The van der Waals surface area contributed by atoms with Gasteiger partial charge in [0.2, 0.25) is 0 Å². The van der Waals surface area contributed by atoms with E-state index >= 15 is 0 Å². The normalized spacial score (nSPS) is 14.5. The molecular weight excluding hydrogens is 364 g/mol. The van der Waals surface area contributed by atoms with Gasteiger partial charge in [0.1, 0.15) is 11.6 Å². The van der Waals surface area contributed by atoms with Crippen LogP contribution in [0.2, 0.25) is 5.02 Å². The Morgan fingerprint density at radius 1 is 1.22 bits per heavy atom. The van der Waals surface area contributed by atoms with E-state index in [1.54, 1.807) is 25.4 Å². The molecule has 1 aliphatic carbocycles. The zero-order chi connectivity index (χ0) is 19.2. The monoisotopic (exact) mass is 388 g/mol. The first-order valence-corrected chi connectivity index (χ1v) is 9.57. The lowest BCUT2D eigenvalue weighted by Gasteiger charge is -2.22. The number of urea groups is 1. The maximum Gasteiger partial charge on any atom is 0.319 e. The summed E-state index contributed by atoms with van der Waals surface area (Å²) < 4.78 is 5.36. The zero-order valence-corrected chi connectivity index (χ0v) is 16.4. The van der Waals surface area contributed by atoms with E-state index in [1.807, 2.05) is 19.1 Å². The second-order valence-electron chi connectivity index (χ2n) is 6.79. The highest BCUT2D eigenvalue weighted by Gasteiger charge is 2.15. The number of hydrogen-bond acceptors (Lipinski definition) is 4. The smallest absolute Gasteiger partial charge is 0.319 e. The molecule has 2 amide bonds. The number of carbonyl (C=O) groups is 1. The van der Waals surface area contributed by atoms with Crippen molar-refractivity contribution in [3.05, 3.63) is 41.0 Å². The van der Waals surface area contributed by atoms with Crippen LogP contribution in [-0.2, 0) is 0 Å². The highest BCUT2D eigenvalue weighted by atomic mass is 35.5. The van der Waals surface area contributed by atoms with Gasteiger partial charge in [0.05, 0.1) is 24.7 Å². The van der Waals surface area contributed by atoms with Crippen molar-refractivity contribution in [3.8, 4) is 5.75 Å². The molecule has 1 saturated carbocycles. The molecule has 144 valence electrons. The number of halogens is 1. The minimum atomic E-state index is -0.181. The third kappa shape index (κ3) is 5.26. The molecule has 1 fully saturated rings. The maximum absolute atomic E-state index is 12.1. The maximum atomic E-state index is 12.1. The minimum Gasteiger partial charge on any atom is -0.495 e. The first-order chi connectivity index (χ1) is 13.0. The SMILES string of the molecule is COc1cc(Cl)c(C)cc1Nc1ccc(NC(=O)NC2CCCCC2)cn1. The van der Waals surface area contributed by atoms with Crippen LogP contribution in [0.25, 0.3) is 0 Å². The predicted molar refractivity (Wildman–Crippen MR) is 109 cm³/mol. The van der Waals surface area contributed by atoms with Crippen LogP contribution < -0.4 is 20.7 Å². The van der Waals surface area contributed by atoms with E-state index in [-0.39, 0.29) is 12.1 Å². The van der Waals surface area contributed by atoms with Gasteiger partial charge in [-0.15, -0.1) is 0 Å². The lowest BCUT2D eigenvalue weighted by atomic mass is 9.96. The van der Waals surface area contributed by atoms with E-state index in [1.165, 1.54) is 19.3 Å². The van der Waals surface area contributed by atoms with Crippen molar-refractivity contribution in [3.63, 3.8) is 0 Å². The van der Waals surface area contributed by atoms with Crippen LogP contribution in [0.3, 0.4) is 0 Å². The fourth-order valence-corrected chi connectivity index (χ4v) is 3.36. The zero-order valence-electron chi connectivity index (χ0n) is 15.6. The van der Waals surface area contributed by atoms with Crippen LogP contribution in [0.15, 0.2) is 30.5 Å². The highest BCUT2D eigenvalue weighted by molar-refractivity contribution is 6.31. The first kappa shape index (κ1) is 19.3. The molecule has 0 unspecified atom stereocenters. The molecule has 3 rings (SSSR count). The number of nitrogens with one attached hydrogen (secondary N) is 3. The molecule has 7 heteroatoms. The number of benzene rings is 1. The van der Waals surface area contributed by atoms with Gasteiger partial charge in [-0.25, -0.2) is 9.78 Å². The summed E-state index contributed by atoms with van der Waals surface area (Å²) in [5.74, 6) is 1.29. The quantitative estimate of drug-likeness (QED) is 0.653. The fourth-order valence-electron chi connectivity index (χ4n) is 3.21. The number of nitrogens with zero attached hydrogens (tertiary/aromatic N) is 1. The molecular formula is C20H25ClN4O2. The van der Waals surface area contributed by atoms with Gasteiger partial charge < -0.3 is 20.7 Å². The van der Waals surface area contributed by atoms with Crippen LogP contribution in [-0.4, -0.2) is 24.2 Å². The fraction of sp³-hybridized carbons (Fsp3) is 0.400. The Balaban J connectivity index is 1.60. The molecule has 1 heterocycles. The van der Waals surface area contributed by atoms with Crippen LogP contribution in [0.5, 0.6) is 5.75 Å². The largest absolute Gasteiger partial charge is 0.495 e. The van der Waals surface area contributed by atoms with Gasteiger partial charge in [0, 0.05) is 17.1 Å². The summed E-state index contributed by atoms with van der Waals surface area (Å²) in [6.45, 7) is 1.93. The van der Waals surface area contributed by atoms with E-state index in [9.17, 15) is 4.79 Å². The van der Waals surface area contributed by atoms with Crippen molar-refractivity contribution >= 4 is 34.8 Å². The van der Waals surface area contributed by atoms with Crippen molar-refractivity contribution in [1.29, 1.82) is 0 Å².